The Kier molecular flexibility index (Phi) is 5.29. The summed E-state index contributed by atoms with van der Waals surface area (Å²) >= 11 is 1.52. The first-order valence-electron chi connectivity index (χ1n) is 6.78. The number of carbonyl (C=O) groups excluding carboxylic acids is 2. The Balaban J connectivity index is 1.93. The van der Waals surface area contributed by atoms with Crippen molar-refractivity contribution in [3.05, 3.63) is 30.3 Å². The quantitative estimate of drug-likeness (QED) is 0.816. The second-order valence-corrected chi connectivity index (χ2v) is 5.82. The molecule has 0 spiro atoms. The zero-order valence-corrected chi connectivity index (χ0v) is 12.3. The number of rotatable bonds is 5. The number of benzene rings is 1. The van der Waals surface area contributed by atoms with E-state index in [0.717, 1.165) is 11.3 Å². The number of urea groups is 1. The first kappa shape index (κ1) is 14.7. The van der Waals surface area contributed by atoms with Crippen LogP contribution in [0, 0.1) is 0 Å². The second kappa shape index (κ2) is 7.19. The lowest BCUT2D eigenvalue weighted by Gasteiger charge is -2.29. The van der Waals surface area contributed by atoms with Gasteiger partial charge < -0.3 is 5.32 Å². The van der Waals surface area contributed by atoms with Crippen LogP contribution in [0.1, 0.15) is 19.8 Å². The van der Waals surface area contributed by atoms with Crippen LogP contribution in [0.3, 0.4) is 0 Å². The molecule has 108 valence electrons. The van der Waals surface area contributed by atoms with Crippen molar-refractivity contribution in [1.29, 1.82) is 0 Å². The Labute approximate surface area is 123 Å². The third-order valence-electron chi connectivity index (χ3n) is 3.01. The van der Waals surface area contributed by atoms with Gasteiger partial charge in [0.05, 0.1) is 5.25 Å². The normalized spacial score (nSPS) is 16.4. The van der Waals surface area contributed by atoms with Crippen LogP contribution in [0.15, 0.2) is 35.2 Å². The molecule has 1 fully saturated rings. The lowest BCUT2D eigenvalue weighted by Crippen LogP contribution is -2.56. The molecule has 1 aliphatic heterocycles. The second-order valence-electron chi connectivity index (χ2n) is 4.54. The van der Waals surface area contributed by atoms with Gasteiger partial charge in [0.15, 0.2) is 0 Å². The number of carbonyl (C=O) groups is 2. The number of thioether (sulfide) groups is 1. The Morgan fingerprint density at radius 1 is 1.45 bits per heavy atom. The molecule has 1 aromatic rings. The largest absolute Gasteiger partial charge is 0.336 e. The number of hydrogen-bond donors (Lipinski definition) is 2. The number of nitrogens with zero attached hydrogens (tertiary/aromatic N) is 1. The van der Waals surface area contributed by atoms with Crippen LogP contribution >= 0.6 is 11.8 Å². The minimum absolute atomic E-state index is 0.126. The standard InChI is InChI=1S/C14H19N3O2S/c1-2-12(20-11-7-4-3-5-8-11)13(18)16-17-10-6-9-15-14(17)19/h3-5,7-8,12H,2,6,9-10H2,1H3,(H,15,19)(H,16,18). The van der Waals surface area contributed by atoms with Gasteiger partial charge >= 0.3 is 6.03 Å². The van der Waals surface area contributed by atoms with Gasteiger partial charge in [0.1, 0.15) is 0 Å². The molecule has 1 saturated heterocycles. The molecule has 0 saturated carbocycles. The molecule has 0 aromatic heterocycles. The van der Waals surface area contributed by atoms with Crippen molar-refractivity contribution in [3.8, 4) is 0 Å². The van der Waals surface area contributed by atoms with Crippen LogP contribution in [0.25, 0.3) is 0 Å². The van der Waals surface area contributed by atoms with Gasteiger partial charge in [-0.05, 0) is 25.0 Å². The fraction of sp³-hybridized carbons (Fsp3) is 0.429. The first-order valence-corrected chi connectivity index (χ1v) is 7.66. The summed E-state index contributed by atoms with van der Waals surface area (Å²) in [6.07, 6.45) is 1.55. The van der Waals surface area contributed by atoms with Crippen molar-refractivity contribution < 1.29 is 9.59 Å². The monoisotopic (exact) mass is 293 g/mol. The van der Waals surface area contributed by atoms with E-state index >= 15 is 0 Å². The Hall–Kier alpha value is -1.69. The van der Waals surface area contributed by atoms with E-state index in [1.807, 2.05) is 37.3 Å². The maximum Gasteiger partial charge on any atom is 0.336 e. The van der Waals surface area contributed by atoms with Crippen LogP contribution in [0.2, 0.25) is 0 Å². The predicted octanol–water partition coefficient (Wildman–Crippen LogP) is 2.00. The highest BCUT2D eigenvalue weighted by molar-refractivity contribution is 8.00. The summed E-state index contributed by atoms with van der Waals surface area (Å²) in [4.78, 5) is 24.9. The summed E-state index contributed by atoms with van der Waals surface area (Å²) in [6.45, 7) is 3.20. The molecule has 0 aliphatic carbocycles. The minimum atomic E-state index is -0.232. The van der Waals surface area contributed by atoms with Gasteiger partial charge in [-0.25, -0.2) is 9.80 Å². The molecular weight excluding hydrogens is 274 g/mol. The van der Waals surface area contributed by atoms with E-state index in [1.165, 1.54) is 16.8 Å². The summed E-state index contributed by atoms with van der Waals surface area (Å²) in [6, 6.07) is 9.57. The highest BCUT2D eigenvalue weighted by atomic mass is 32.2. The fourth-order valence-corrected chi connectivity index (χ4v) is 2.90. The predicted molar refractivity (Wildman–Crippen MR) is 79.2 cm³/mol. The molecule has 6 heteroatoms. The van der Waals surface area contributed by atoms with E-state index in [4.69, 9.17) is 0 Å². The van der Waals surface area contributed by atoms with Crippen molar-refractivity contribution in [2.24, 2.45) is 0 Å². The maximum atomic E-state index is 12.2. The average Bonchev–Trinajstić information content (AvgIpc) is 2.48. The molecule has 1 aromatic carbocycles. The zero-order valence-electron chi connectivity index (χ0n) is 11.5. The maximum absolute atomic E-state index is 12.2. The van der Waals surface area contributed by atoms with Crippen LogP contribution in [0.5, 0.6) is 0 Å². The van der Waals surface area contributed by atoms with Gasteiger partial charge in [-0.3, -0.25) is 10.2 Å². The lowest BCUT2D eigenvalue weighted by atomic mass is 10.3. The molecular formula is C14H19N3O2S. The van der Waals surface area contributed by atoms with E-state index in [0.29, 0.717) is 19.5 Å². The summed E-state index contributed by atoms with van der Waals surface area (Å²) in [5, 5.41) is 3.87. The zero-order chi connectivity index (χ0) is 14.4. The molecule has 1 aliphatic rings. The van der Waals surface area contributed by atoms with Crippen molar-refractivity contribution in [1.82, 2.24) is 15.8 Å². The Bertz CT molecular complexity index is 467. The number of amides is 3. The number of nitrogens with one attached hydrogen (secondary N) is 2. The van der Waals surface area contributed by atoms with Gasteiger partial charge in [0, 0.05) is 18.0 Å². The molecule has 0 bridgehead atoms. The first-order chi connectivity index (χ1) is 9.70. The molecule has 1 unspecified atom stereocenters. The Morgan fingerprint density at radius 2 is 2.20 bits per heavy atom. The third-order valence-corrected chi connectivity index (χ3v) is 4.39. The van der Waals surface area contributed by atoms with Crippen LogP contribution < -0.4 is 10.7 Å². The van der Waals surface area contributed by atoms with Crippen molar-refractivity contribution in [2.45, 2.75) is 29.9 Å². The van der Waals surface area contributed by atoms with E-state index in [-0.39, 0.29) is 17.2 Å². The molecule has 1 heterocycles. The SMILES string of the molecule is CCC(Sc1ccccc1)C(=O)NN1CCCNC1=O. The van der Waals surface area contributed by atoms with Gasteiger partial charge in [-0.1, -0.05) is 25.1 Å². The summed E-state index contributed by atoms with van der Waals surface area (Å²) in [5.41, 5.74) is 2.70. The summed E-state index contributed by atoms with van der Waals surface area (Å²) < 4.78 is 0. The summed E-state index contributed by atoms with van der Waals surface area (Å²) in [5.74, 6) is -0.126. The van der Waals surface area contributed by atoms with E-state index in [2.05, 4.69) is 10.7 Å². The molecule has 3 amide bonds. The summed E-state index contributed by atoms with van der Waals surface area (Å²) in [7, 11) is 0. The molecule has 5 nitrogen and oxygen atoms in total. The molecule has 2 rings (SSSR count). The fourth-order valence-electron chi connectivity index (χ4n) is 1.93. The van der Waals surface area contributed by atoms with Crippen LogP contribution in [0.4, 0.5) is 4.79 Å². The highest BCUT2D eigenvalue weighted by Gasteiger charge is 2.24. The number of hydrogen-bond acceptors (Lipinski definition) is 3. The number of hydrazine groups is 1. The van der Waals surface area contributed by atoms with Gasteiger partial charge in [0.2, 0.25) is 0 Å². The van der Waals surface area contributed by atoms with Crippen molar-refractivity contribution in [2.75, 3.05) is 13.1 Å². The topological polar surface area (TPSA) is 61.4 Å². The minimum Gasteiger partial charge on any atom is -0.336 e. The third kappa shape index (κ3) is 3.90. The Morgan fingerprint density at radius 3 is 2.85 bits per heavy atom. The van der Waals surface area contributed by atoms with Crippen LogP contribution in [-0.4, -0.2) is 35.3 Å². The molecule has 2 N–H and O–H groups in total. The van der Waals surface area contributed by atoms with Crippen molar-refractivity contribution in [3.63, 3.8) is 0 Å². The van der Waals surface area contributed by atoms with E-state index in [9.17, 15) is 9.59 Å². The smallest absolute Gasteiger partial charge is 0.336 e. The van der Waals surface area contributed by atoms with E-state index in [1.54, 1.807) is 0 Å². The van der Waals surface area contributed by atoms with E-state index < -0.39 is 0 Å². The van der Waals surface area contributed by atoms with Gasteiger partial charge in [-0.2, -0.15) is 0 Å². The molecule has 20 heavy (non-hydrogen) atoms. The average molecular weight is 293 g/mol. The molecule has 1 atom stereocenters. The highest BCUT2D eigenvalue weighted by Crippen LogP contribution is 2.25. The van der Waals surface area contributed by atoms with Gasteiger partial charge in [-0.15, -0.1) is 11.8 Å². The lowest BCUT2D eigenvalue weighted by molar-refractivity contribution is -0.124. The van der Waals surface area contributed by atoms with Gasteiger partial charge in [0.25, 0.3) is 5.91 Å². The molecule has 0 radical (unpaired) electrons. The van der Waals surface area contributed by atoms with Crippen LogP contribution in [-0.2, 0) is 4.79 Å². The van der Waals surface area contributed by atoms with Crippen molar-refractivity contribution >= 4 is 23.7 Å².